The second-order valence-corrected chi connectivity index (χ2v) is 7.57. The molecular weight excluding hydrogens is 341 g/mol. The minimum absolute atomic E-state index is 0.106. The average Bonchev–Trinajstić information content (AvgIpc) is 2.65. The number of carbonyl (C=O) groups is 1. The van der Waals surface area contributed by atoms with Crippen LogP contribution in [0.1, 0.15) is 16.7 Å². The van der Waals surface area contributed by atoms with Crippen LogP contribution in [0.3, 0.4) is 0 Å². The first-order valence-electron chi connectivity index (χ1n) is 9.82. The van der Waals surface area contributed by atoms with Crippen molar-refractivity contribution >= 4 is 5.91 Å². The molecule has 27 heavy (non-hydrogen) atoms. The summed E-state index contributed by atoms with van der Waals surface area (Å²) >= 11 is 0. The molecule has 1 amide bonds. The maximum absolute atomic E-state index is 12.9. The SMILES string of the molecule is Cc1cccc(C[NH+]2CC[NH+](CC(=O)NCCc3ccc(F)cc3)CC2)c1. The lowest BCUT2D eigenvalue weighted by Crippen LogP contribution is -3.28. The van der Waals surface area contributed by atoms with E-state index in [0.717, 1.165) is 44.7 Å². The van der Waals surface area contributed by atoms with Crippen LogP contribution in [0.5, 0.6) is 0 Å². The summed E-state index contributed by atoms with van der Waals surface area (Å²) in [5.74, 6) is -0.121. The first-order valence-corrected chi connectivity index (χ1v) is 9.82. The molecule has 0 spiro atoms. The van der Waals surface area contributed by atoms with Gasteiger partial charge in [0.25, 0.3) is 5.91 Å². The smallest absolute Gasteiger partial charge is 0.275 e. The summed E-state index contributed by atoms with van der Waals surface area (Å²) in [7, 11) is 0. The van der Waals surface area contributed by atoms with Crippen LogP contribution in [-0.4, -0.2) is 45.2 Å². The van der Waals surface area contributed by atoms with E-state index < -0.39 is 0 Å². The van der Waals surface area contributed by atoms with Gasteiger partial charge in [0.1, 0.15) is 38.5 Å². The quantitative estimate of drug-likeness (QED) is 0.619. The largest absolute Gasteiger partial charge is 0.351 e. The monoisotopic (exact) mass is 371 g/mol. The van der Waals surface area contributed by atoms with Crippen LogP contribution in [0.2, 0.25) is 0 Å². The number of rotatable bonds is 7. The maximum atomic E-state index is 12.9. The van der Waals surface area contributed by atoms with Crippen molar-refractivity contribution in [2.75, 3.05) is 39.3 Å². The van der Waals surface area contributed by atoms with Crippen molar-refractivity contribution in [3.05, 3.63) is 71.0 Å². The van der Waals surface area contributed by atoms with E-state index in [9.17, 15) is 9.18 Å². The Balaban J connectivity index is 1.33. The van der Waals surface area contributed by atoms with Crippen LogP contribution < -0.4 is 15.1 Å². The topological polar surface area (TPSA) is 38.0 Å². The molecule has 1 heterocycles. The van der Waals surface area contributed by atoms with E-state index in [2.05, 4.69) is 36.5 Å². The van der Waals surface area contributed by atoms with Gasteiger partial charge in [0, 0.05) is 12.1 Å². The highest BCUT2D eigenvalue weighted by molar-refractivity contribution is 5.76. The zero-order chi connectivity index (χ0) is 19.1. The Labute approximate surface area is 161 Å². The fourth-order valence-electron chi connectivity index (χ4n) is 3.71. The second kappa shape index (κ2) is 9.62. The standard InChI is InChI=1S/C22H28FN3O/c1-18-3-2-4-20(15-18)16-25-11-13-26(14-12-25)17-22(27)24-10-9-19-5-7-21(23)8-6-19/h2-8,15H,9-14,16-17H2,1H3,(H,24,27)/p+2. The molecule has 0 saturated carbocycles. The minimum atomic E-state index is -0.227. The summed E-state index contributed by atoms with van der Waals surface area (Å²) in [6, 6.07) is 15.2. The summed E-state index contributed by atoms with van der Waals surface area (Å²) in [5.41, 5.74) is 3.75. The van der Waals surface area contributed by atoms with Crippen LogP contribution in [0.15, 0.2) is 48.5 Å². The molecule has 1 saturated heterocycles. The summed E-state index contributed by atoms with van der Waals surface area (Å²) in [4.78, 5) is 15.1. The van der Waals surface area contributed by atoms with Gasteiger partial charge in [0.15, 0.2) is 6.54 Å². The van der Waals surface area contributed by atoms with Crippen molar-refractivity contribution in [1.29, 1.82) is 0 Å². The van der Waals surface area contributed by atoms with E-state index in [1.807, 2.05) is 0 Å². The number of aryl methyl sites for hydroxylation is 1. The van der Waals surface area contributed by atoms with Crippen LogP contribution in [0.4, 0.5) is 4.39 Å². The highest BCUT2D eigenvalue weighted by Gasteiger charge is 2.24. The van der Waals surface area contributed by atoms with E-state index in [4.69, 9.17) is 0 Å². The molecule has 0 aromatic heterocycles. The van der Waals surface area contributed by atoms with Gasteiger partial charge in [-0.15, -0.1) is 0 Å². The molecule has 1 aliphatic heterocycles. The third kappa shape index (κ3) is 6.45. The third-order valence-corrected chi connectivity index (χ3v) is 5.26. The Morgan fingerprint density at radius 1 is 1.00 bits per heavy atom. The molecule has 3 N–H and O–H groups in total. The van der Waals surface area contributed by atoms with Gasteiger partial charge < -0.3 is 15.1 Å². The van der Waals surface area contributed by atoms with Crippen LogP contribution >= 0.6 is 0 Å². The lowest BCUT2D eigenvalue weighted by Gasteiger charge is -2.29. The Morgan fingerprint density at radius 3 is 2.41 bits per heavy atom. The zero-order valence-electron chi connectivity index (χ0n) is 16.1. The molecule has 2 aromatic rings. The molecule has 0 atom stereocenters. The lowest BCUT2D eigenvalue weighted by molar-refractivity contribution is -1.02. The highest BCUT2D eigenvalue weighted by Crippen LogP contribution is 2.03. The number of benzene rings is 2. The molecule has 5 heteroatoms. The Morgan fingerprint density at radius 2 is 1.70 bits per heavy atom. The van der Waals surface area contributed by atoms with E-state index in [0.29, 0.717) is 13.1 Å². The molecule has 4 nitrogen and oxygen atoms in total. The van der Waals surface area contributed by atoms with Crippen molar-refractivity contribution in [3.63, 3.8) is 0 Å². The van der Waals surface area contributed by atoms with Crippen molar-refractivity contribution in [3.8, 4) is 0 Å². The summed E-state index contributed by atoms with van der Waals surface area (Å²) < 4.78 is 12.9. The molecule has 0 bridgehead atoms. The molecule has 1 aliphatic rings. The van der Waals surface area contributed by atoms with Crippen molar-refractivity contribution in [1.82, 2.24) is 5.32 Å². The summed E-state index contributed by atoms with van der Waals surface area (Å²) in [5, 5.41) is 2.99. The number of nitrogens with one attached hydrogen (secondary N) is 3. The summed E-state index contributed by atoms with van der Waals surface area (Å²) in [6.45, 7) is 8.62. The van der Waals surface area contributed by atoms with Gasteiger partial charge in [-0.2, -0.15) is 0 Å². The highest BCUT2D eigenvalue weighted by atomic mass is 19.1. The van der Waals surface area contributed by atoms with E-state index in [1.54, 1.807) is 17.0 Å². The third-order valence-electron chi connectivity index (χ3n) is 5.26. The Bertz CT molecular complexity index is 739. The predicted molar refractivity (Wildman–Crippen MR) is 104 cm³/mol. The van der Waals surface area contributed by atoms with E-state index >= 15 is 0 Å². The predicted octanol–water partition coefficient (Wildman–Crippen LogP) is -0.224. The zero-order valence-corrected chi connectivity index (χ0v) is 16.1. The van der Waals surface area contributed by atoms with Crippen LogP contribution in [0, 0.1) is 12.7 Å². The van der Waals surface area contributed by atoms with Crippen LogP contribution in [-0.2, 0) is 17.8 Å². The Kier molecular flexibility index (Phi) is 6.96. The maximum Gasteiger partial charge on any atom is 0.275 e. The van der Waals surface area contributed by atoms with Crippen molar-refractivity contribution < 1.29 is 19.0 Å². The first kappa shape index (κ1) is 19.5. The van der Waals surface area contributed by atoms with Gasteiger partial charge in [-0.1, -0.05) is 42.0 Å². The minimum Gasteiger partial charge on any atom is -0.351 e. The molecule has 2 aromatic carbocycles. The van der Waals surface area contributed by atoms with Crippen molar-refractivity contribution in [2.45, 2.75) is 19.9 Å². The number of carbonyl (C=O) groups excluding carboxylic acids is 1. The number of hydrogen-bond acceptors (Lipinski definition) is 1. The molecule has 144 valence electrons. The second-order valence-electron chi connectivity index (χ2n) is 7.57. The number of quaternary nitrogens is 2. The van der Waals surface area contributed by atoms with Gasteiger partial charge >= 0.3 is 0 Å². The molecule has 0 unspecified atom stereocenters. The Hall–Kier alpha value is -2.24. The molecule has 0 aliphatic carbocycles. The average molecular weight is 372 g/mol. The first-order chi connectivity index (χ1) is 13.1. The fourth-order valence-corrected chi connectivity index (χ4v) is 3.71. The fraction of sp³-hybridized carbons (Fsp3) is 0.409. The van der Waals surface area contributed by atoms with Gasteiger partial charge in [0.2, 0.25) is 0 Å². The molecular formula is C22H30FN3O+2. The lowest BCUT2D eigenvalue weighted by atomic mass is 10.1. The van der Waals surface area contributed by atoms with Crippen LogP contribution in [0.25, 0.3) is 0 Å². The van der Waals surface area contributed by atoms with Crippen molar-refractivity contribution in [2.24, 2.45) is 0 Å². The number of amides is 1. The molecule has 0 radical (unpaired) electrons. The van der Waals surface area contributed by atoms with Gasteiger partial charge in [-0.3, -0.25) is 4.79 Å². The number of piperazine rings is 1. The normalized spacial score (nSPS) is 19.6. The summed E-state index contributed by atoms with van der Waals surface area (Å²) in [6.07, 6.45) is 0.732. The molecule has 1 fully saturated rings. The number of hydrogen-bond donors (Lipinski definition) is 3. The number of halogens is 1. The van der Waals surface area contributed by atoms with E-state index in [-0.39, 0.29) is 11.7 Å². The van der Waals surface area contributed by atoms with Gasteiger partial charge in [-0.25, -0.2) is 4.39 Å². The van der Waals surface area contributed by atoms with Gasteiger partial charge in [-0.05, 0) is 31.0 Å². The van der Waals surface area contributed by atoms with E-state index in [1.165, 1.54) is 28.2 Å². The van der Waals surface area contributed by atoms with Gasteiger partial charge in [0.05, 0.1) is 0 Å². The molecule has 3 rings (SSSR count).